The minimum absolute atomic E-state index is 0.0229. The van der Waals surface area contributed by atoms with Crippen molar-refractivity contribution >= 4 is 17.9 Å². The molecule has 2 aliphatic heterocycles. The van der Waals surface area contributed by atoms with E-state index in [9.17, 15) is 4.79 Å². The summed E-state index contributed by atoms with van der Waals surface area (Å²) in [6, 6.07) is 11.8. The monoisotopic (exact) mass is 398 g/mol. The molecule has 0 saturated heterocycles. The van der Waals surface area contributed by atoms with Crippen LogP contribution in [-0.4, -0.2) is 28.4 Å². The van der Waals surface area contributed by atoms with Crippen molar-refractivity contribution in [3.63, 3.8) is 0 Å². The van der Waals surface area contributed by atoms with E-state index in [0.29, 0.717) is 11.5 Å². The third-order valence-electron chi connectivity index (χ3n) is 5.23. The number of ketones is 1. The lowest BCUT2D eigenvalue weighted by atomic mass is 9.80. The van der Waals surface area contributed by atoms with Gasteiger partial charge in [0.25, 0.3) is 6.02 Å². The number of carbonyl (C=O) groups excluding carboxylic acids is 1. The van der Waals surface area contributed by atoms with E-state index in [-0.39, 0.29) is 18.4 Å². The molecule has 3 aromatic rings. The van der Waals surface area contributed by atoms with Gasteiger partial charge in [0.05, 0.1) is 0 Å². The lowest BCUT2D eigenvalue weighted by Gasteiger charge is -2.34. The van der Waals surface area contributed by atoms with Crippen molar-refractivity contribution in [3.05, 3.63) is 77.9 Å². The molecule has 0 amide bonds. The van der Waals surface area contributed by atoms with Gasteiger partial charge < -0.3 is 15.2 Å². The van der Waals surface area contributed by atoms with Crippen molar-refractivity contribution in [2.24, 2.45) is 10.7 Å². The van der Waals surface area contributed by atoms with Crippen LogP contribution in [0.3, 0.4) is 0 Å². The van der Waals surface area contributed by atoms with Gasteiger partial charge in [0.1, 0.15) is 24.4 Å². The normalized spacial score (nSPS) is 19.0. The van der Waals surface area contributed by atoms with E-state index in [0.717, 1.165) is 27.8 Å². The molecule has 5 rings (SSSR count). The van der Waals surface area contributed by atoms with E-state index in [1.54, 1.807) is 18.5 Å². The van der Waals surface area contributed by atoms with Crippen molar-refractivity contribution in [2.45, 2.75) is 12.5 Å². The molecule has 148 valence electrons. The Hall–Kier alpha value is -4.00. The van der Waals surface area contributed by atoms with Crippen LogP contribution >= 0.6 is 0 Å². The fraction of sp³-hybridized carbons (Fsp3) is 0.130. The highest BCUT2D eigenvalue weighted by Gasteiger charge is 2.47. The Balaban J connectivity index is 1.69. The molecule has 1 aromatic heterocycles. The Morgan fingerprint density at radius 2 is 1.80 bits per heavy atom. The summed E-state index contributed by atoms with van der Waals surface area (Å²) in [7, 11) is 0. The summed E-state index contributed by atoms with van der Waals surface area (Å²) in [5, 5.41) is 0. The first-order chi connectivity index (χ1) is 14.5. The van der Waals surface area contributed by atoms with Crippen LogP contribution in [0.5, 0.6) is 11.5 Å². The van der Waals surface area contributed by atoms with Crippen molar-refractivity contribution in [3.8, 4) is 22.6 Å². The average molecular weight is 398 g/mol. The Bertz CT molecular complexity index is 1220. The zero-order valence-electron chi connectivity index (χ0n) is 16.2. The maximum absolute atomic E-state index is 11.4. The molecule has 0 radical (unpaired) electrons. The number of benzene rings is 2. The zero-order valence-corrected chi connectivity index (χ0v) is 16.2. The van der Waals surface area contributed by atoms with Crippen LogP contribution in [-0.2, 0) is 15.1 Å². The Morgan fingerprint density at radius 1 is 1.07 bits per heavy atom. The van der Waals surface area contributed by atoms with Gasteiger partial charge in [0.15, 0.2) is 11.3 Å². The minimum Gasteiger partial charge on any atom is -0.462 e. The fourth-order valence-electron chi connectivity index (χ4n) is 3.82. The summed E-state index contributed by atoms with van der Waals surface area (Å²) in [5.74, 6) is 1.35. The van der Waals surface area contributed by atoms with Crippen molar-refractivity contribution in [1.82, 2.24) is 9.97 Å². The molecular formula is C23H18N4O3. The number of allylic oxidation sites excluding steroid dienone is 1. The lowest BCUT2D eigenvalue weighted by Crippen LogP contribution is -2.31. The van der Waals surface area contributed by atoms with Crippen LogP contribution in [0.1, 0.15) is 23.6 Å². The highest BCUT2D eigenvalue weighted by molar-refractivity contribution is 5.91. The number of hydrogen-bond donors (Lipinski definition) is 1. The van der Waals surface area contributed by atoms with Gasteiger partial charge in [-0.25, -0.2) is 15.0 Å². The van der Waals surface area contributed by atoms with Crippen LogP contribution in [0.2, 0.25) is 0 Å². The SMILES string of the molecule is CC(=O)/C=C/c1ccc2c(c1)[C@]1(COC(N)=N1)c1cc(-c3cncnc3)ccc1O2. The topological polar surface area (TPSA) is 99.7 Å². The van der Waals surface area contributed by atoms with E-state index in [1.165, 1.54) is 19.3 Å². The van der Waals surface area contributed by atoms with E-state index < -0.39 is 5.54 Å². The summed E-state index contributed by atoms with van der Waals surface area (Å²) in [5.41, 5.74) is 9.49. The molecule has 0 saturated carbocycles. The zero-order chi connectivity index (χ0) is 20.7. The molecule has 7 nitrogen and oxygen atoms in total. The number of aromatic nitrogens is 2. The first-order valence-electron chi connectivity index (χ1n) is 9.44. The van der Waals surface area contributed by atoms with Gasteiger partial charge in [0, 0.05) is 29.1 Å². The van der Waals surface area contributed by atoms with Gasteiger partial charge >= 0.3 is 0 Å². The van der Waals surface area contributed by atoms with Gasteiger partial charge in [-0.1, -0.05) is 18.2 Å². The number of carbonyl (C=O) groups is 1. The second-order valence-electron chi connectivity index (χ2n) is 7.24. The highest BCUT2D eigenvalue weighted by Crippen LogP contribution is 2.51. The molecule has 7 heteroatoms. The minimum atomic E-state index is -0.835. The predicted octanol–water partition coefficient (Wildman–Crippen LogP) is 3.44. The Labute approximate surface area is 172 Å². The number of rotatable bonds is 3. The average Bonchev–Trinajstić information content (AvgIpc) is 3.15. The Kier molecular flexibility index (Phi) is 4.10. The number of fused-ring (bicyclic) bond motifs is 4. The van der Waals surface area contributed by atoms with Crippen molar-refractivity contribution in [1.29, 1.82) is 0 Å². The number of hydrogen-bond acceptors (Lipinski definition) is 7. The number of aliphatic imine (C=N–C) groups is 1. The second kappa shape index (κ2) is 6.81. The van der Waals surface area contributed by atoms with Gasteiger partial charge in [0.2, 0.25) is 0 Å². The number of nitrogens with two attached hydrogens (primary N) is 1. The number of amidine groups is 1. The molecule has 1 spiro atoms. The molecule has 2 aromatic carbocycles. The molecule has 3 heterocycles. The van der Waals surface area contributed by atoms with E-state index in [4.69, 9.17) is 20.2 Å². The standard InChI is InChI=1S/C23H18N4O3/c1-14(28)2-3-15-4-6-20-18(8-15)23(12-29-22(24)27-23)19-9-16(5-7-21(19)30-20)17-10-25-13-26-11-17/h2-11,13H,12H2,1H3,(H2,24,27)/b3-2+/t23-/m1/s1. The Morgan fingerprint density at radius 3 is 2.50 bits per heavy atom. The first kappa shape index (κ1) is 18.1. The van der Waals surface area contributed by atoms with Gasteiger partial charge in [-0.05, 0) is 48.4 Å². The summed E-state index contributed by atoms with van der Waals surface area (Å²) in [6.07, 6.45) is 8.31. The van der Waals surface area contributed by atoms with Crippen LogP contribution < -0.4 is 10.5 Å². The maximum atomic E-state index is 11.4. The summed E-state index contributed by atoms with van der Waals surface area (Å²) < 4.78 is 11.8. The molecule has 0 aliphatic carbocycles. The van der Waals surface area contributed by atoms with Crippen LogP contribution in [0.15, 0.2) is 66.2 Å². The molecule has 0 bridgehead atoms. The van der Waals surface area contributed by atoms with Crippen LogP contribution in [0, 0.1) is 0 Å². The first-order valence-corrected chi connectivity index (χ1v) is 9.44. The third kappa shape index (κ3) is 2.91. The summed E-state index contributed by atoms with van der Waals surface area (Å²) in [4.78, 5) is 24.3. The van der Waals surface area contributed by atoms with E-state index >= 15 is 0 Å². The van der Waals surface area contributed by atoms with Crippen molar-refractivity contribution in [2.75, 3.05) is 6.61 Å². The van der Waals surface area contributed by atoms with Gasteiger partial charge in [-0.15, -0.1) is 0 Å². The maximum Gasteiger partial charge on any atom is 0.283 e. The largest absolute Gasteiger partial charge is 0.462 e. The van der Waals surface area contributed by atoms with Crippen molar-refractivity contribution < 1.29 is 14.3 Å². The lowest BCUT2D eigenvalue weighted by molar-refractivity contribution is -0.112. The molecule has 2 N–H and O–H groups in total. The van der Waals surface area contributed by atoms with Gasteiger partial charge in [-0.2, -0.15) is 0 Å². The summed E-state index contributed by atoms with van der Waals surface area (Å²) in [6.45, 7) is 1.77. The molecule has 30 heavy (non-hydrogen) atoms. The molecule has 0 fully saturated rings. The van der Waals surface area contributed by atoms with Crippen LogP contribution in [0.25, 0.3) is 17.2 Å². The number of ether oxygens (including phenoxy) is 2. The second-order valence-corrected chi connectivity index (χ2v) is 7.24. The van der Waals surface area contributed by atoms with Gasteiger partial charge in [-0.3, -0.25) is 4.79 Å². The van der Waals surface area contributed by atoms with E-state index in [2.05, 4.69) is 9.97 Å². The predicted molar refractivity (Wildman–Crippen MR) is 112 cm³/mol. The summed E-state index contributed by atoms with van der Waals surface area (Å²) >= 11 is 0. The van der Waals surface area contributed by atoms with E-state index in [1.807, 2.05) is 36.4 Å². The molecule has 1 atom stereocenters. The van der Waals surface area contributed by atoms with Crippen LogP contribution in [0.4, 0.5) is 0 Å². The highest BCUT2D eigenvalue weighted by atomic mass is 16.5. The smallest absolute Gasteiger partial charge is 0.283 e. The molecule has 0 unspecified atom stereocenters. The third-order valence-corrected chi connectivity index (χ3v) is 5.23. The quantitative estimate of drug-likeness (QED) is 0.679. The molecular weight excluding hydrogens is 380 g/mol. The fourth-order valence-corrected chi connectivity index (χ4v) is 3.82. The molecule has 2 aliphatic rings. The number of nitrogens with zero attached hydrogens (tertiary/aromatic N) is 3.